The molecule has 2 N–H and O–H groups in total. The van der Waals surface area contributed by atoms with Crippen molar-refractivity contribution in [2.45, 2.75) is 31.7 Å². The predicted octanol–water partition coefficient (Wildman–Crippen LogP) is 5.06. The lowest BCUT2D eigenvalue weighted by molar-refractivity contribution is 0.515. The number of benzene rings is 2. The molecule has 2 aromatic rings. The highest BCUT2D eigenvalue weighted by Crippen LogP contribution is 2.27. The van der Waals surface area contributed by atoms with Gasteiger partial charge in [-0.3, -0.25) is 0 Å². The Morgan fingerprint density at radius 3 is 2.40 bits per heavy atom. The molecule has 106 valence electrons. The molecule has 2 unspecified atom stereocenters. The Morgan fingerprint density at radius 2 is 1.75 bits per heavy atom. The summed E-state index contributed by atoms with van der Waals surface area (Å²) in [5, 5.41) is 1.43. The minimum Gasteiger partial charge on any atom is -0.327 e. The Kier molecular flexibility index (Phi) is 5.47. The Hall–Kier alpha value is -1.02. The molecule has 1 nitrogen and oxygen atoms in total. The van der Waals surface area contributed by atoms with Crippen LogP contribution in [0.15, 0.2) is 48.5 Å². The van der Waals surface area contributed by atoms with Gasteiger partial charge in [-0.05, 0) is 48.1 Å². The molecule has 3 heteroatoms. The first-order chi connectivity index (χ1) is 9.61. The summed E-state index contributed by atoms with van der Waals surface area (Å²) in [4.78, 5) is 0. The number of rotatable bonds is 5. The molecular formula is C17H19Cl2N. The van der Waals surface area contributed by atoms with Crippen molar-refractivity contribution in [2.75, 3.05) is 0 Å². The molecule has 0 aromatic heterocycles. The maximum absolute atomic E-state index is 6.41. The maximum Gasteiger partial charge on any atom is 0.0439 e. The van der Waals surface area contributed by atoms with E-state index in [0.717, 1.165) is 23.4 Å². The van der Waals surface area contributed by atoms with Gasteiger partial charge in [0.2, 0.25) is 0 Å². The van der Waals surface area contributed by atoms with E-state index in [1.807, 2.05) is 18.2 Å². The highest BCUT2D eigenvalue weighted by atomic mass is 35.5. The highest BCUT2D eigenvalue weighted by Gasteiger charge is 2.19. The molecule has 0 heterocycles. The highest BCUT2D eigenvalue weighted by molar-refractivity contribution is 6.33. The summed E-state index contributed by atoms with van der Waals surface area (Å²) >= 11 is 12.3. The first-order valence-electron chi connectivity index (χ1n) is 6.86. The zero-order valence-corrected chi connectivity index (χ0v) is 13.0. The van der Waals surface area contributed by atoms with E-state index < -0.39 is 0 Å². The average Bonchev–Trinajstić information content (AvgIpc) is 2.45. The minimum atomic E-state index is 0.0263. The number of hydrogen-bond acceptors (Lipinski definition) is 1. The monoisotopic (exact) mass is 307 g/mol. The molecule has 2 aromatic carbocycles. The van der Waals surface area contributed by atoms with Gasteiger partial charge in [-0.2, -0.15) is 0 Å². The van der Waals surface area contributed by atoms with Crippen molar-refractivity contribution in [1.29, 1.82) is 0 Å². The van der Waals surface area contributed by atoms with Crippen molar-refractivity contribution in [3.8, 4) is 0 Å². The number of hydrogen-bond donors (Lipinski definition) is 1. The second-order valence-electron chi connectivity index (χ2n) is 5.03. The Labute approximate surface area is 130 Å². The molecule has 0 aliphatic heterocycles. The van der Waals surface area contributed by atoms with E-state index >= 15 is 0 Å². The topological polar surface area (TPSA) is 26.0 Å². The van der Waals surface area contributed by atoms with Crippen LogP contribution in [0, 0.1) is 0 Å². The van der Waals surface area contributed by atoms with Crippen LogP contribution in [0.2, 0.25) is 10.0 Å². The molecule has 0 amide bonds. The van der Waals surface area contributed by atoms with Crippen molar-refractivity contribution in [3.63, 3.8) is 0 Å². The van der Waals surface area contributed by atoms with Crippen LogP contribution in [-0.4, -0.2) is 6.04 Å². The van der Waals surface area contributed by atoms with Crippen LogP contribution >= 0.6 is 23.2 Å². The quantitative estimate of drug-likeness (QED) is 0.821. The lowest BCUT2D eigenvalue weighted by Crippen LogP contribution is -2.30. The van der Waals surface area contributed by atoms with Crippen LogP contribution in [0.5, 0.6) is 0 Å². The van der Waals surface area contributed by atoms with Crippen molar-refractivity contribution in [2.24, 2.45) is 5.73 Å². The van der Waals surface area contributed by atoms with Crippen LogP contribution in [0.4, 0.5) is 0 Å². The van der Waals surface area contributed by atoms with Gasteiger partial charge < -0.3 is 5.73 Å². The predicted molar refractivity (Wildman–Crippen MR) is 87.6 cm³/mol. The fraction of sp³-hybridized carbons (Fsp3) is 0.294. The zero-order chi connectivity index (χ0) is 14.5. The summed E-state index contributed by atoms with van der Waals surface area (Å²) in [5.41, 5.74) is 8.70. The van der Waals surface area contributed by atoms with Crippen molar-refractivity contribution >= 4 is 23.2 Å². The minimum absolute atomic E-state index is 0.0263. The van der Waals surface area contributed by atoms with Gasteiger partial charge in [0.05, 0.1) is 0 Å². The standard InChI is InChI=1S/C17H19Cl2N/c1-2-15(12-6-4-3-5-7-12)17(20)11-13-10-14(18)8-9-16(13)19/h3-10,15,17H,2,11,20H2,1H3. The van der Waals surface area contributed by atoms with Gasteiger partial charge in [-0.1, -0.05) is 60.5 Å². The van der Waals surface area contributed by atoms with Gasteiger partial charge in [-0.25, -0.2) is 0 Å². The largest absolute Gasteiger partial charge is 0.327 e. The van der Waals surface area contributed by atoms with Gasteiger partial charge in [0.1, 0.15) is 0 Å². The lowest BCUT2D eigenvalue weighted by Gasteiger charge is -2.23. The third-order valence-corrected chi connectivity index (χ3v) is 4.25. The SMILES string of the molecule is CCC(c1ccccc1)C(N)Cc1cc(Cl)ccc1Cl. The molecule has 0 saturated heterocycles. The molecular weight excluding hydrogens is 289 g/mol. The smallest absolute Gasteiger partial charge is 0.0439 e. The Balaban J connectivity index is 2.17. The average molecular weight is 308 g/mol. The fourth-order valence-electron chi connectivity index (χ4n) is 2.58. The lowest BCUT2D eigenvalue weighted by atomic mass is 9.86. The summed E-state index contributed by atoms with van der Waals surface area (Å²) in [6.07, 6.45) is 1.73. The Bertz CT molecular complexity index is 554. The fourth-order valence-corrected chi connectivity index (χ4v) is 2.97. The summed E-state index contributed by atoms with van der Waals surface area (Å²) in [6.45, 7) is 2.16. The van der Waals surface area contributed by atoms with E-state index in [4.69, 9.17) is 28.9 Å². The molecule has 0 bridgehead atoms. The summed E-state index contributed by atoms with van der Waals surface area (Å²) < 4.78 is 0. The Morgan fingerprint density at radius 1 is 1.05 bits per heavy atom. The van der Waals surface area contributed by atoms with Gasteiger partial charge in [0.25, 0.3) is 0 Å². The second-order valence-corrected chi connectivity index (χ2v) is 5.87. The van der Waals surface area contributed by atoms with Crippen LogP contribution in [-0.2, 0) is 6.42 Å². The molecule has 0 spiro atoms. The molecule has 0 saturated carbocycles. The third-order valence-electron chi connectivity index (χ3n) is 3.65. The van der Waals surface area contributed by atoms with Crippen molar-refractivity contribution in [1.82, 2.24) is 0 Å². The van der Waals surface area contributed by atoms with E-state index in [1.54, 1.807) is 6.07 Å². The van der Waals surface area contributed by atoms with Gasteiger partial charge in [0, 0.05) is 16.1 Å². The molecule has 2 atom stereocenters. The third kappa shape index (κ3) is 3.76. The maximum atomic E-state index is 6.41. The number of nitrogens with two attached hydrogens (primary N) is 1. The van der Waals surface area contributed by atoms with Gasteiger partial charge in [-0.15, -0.1) is 0 Å². The van der Waals surface area contributed by atoms with E-state index in [9.17, 15) is 0 Å². The van der Waals surface area contributed by atoms with Crippen LogP contribution in [0.3, 0.4) is 0 Å². The summed E-state index contributed by atoms with van der Waals surface area (Å²) in [7, 11) is 0. The van der Waals surface area contributed by atoms with E-state index in [0.29, 0.717) is 10.9 Å². The van der Waals surface area contributed by atoms with Crippen LogP contribution in [0.1, 0.15) is 30.4 Å². The van der Waals surface area contributed by atoms with E-state index in [1.165, 1.54) is 5.56 Å². The van der Waals surface area contributed by atoms with E-state index in [2.05, 4.69) is 31.2 Å². The summed E-state index contributed by atoms with van der Waals surface area (Å²) in [5.74, 6) is 0.325. The van der Waals surface area contributed by atoms with Crippen molar-refractivity contribution < 1.29 is 0 Å². The molecule has 2 rings (SSSR count). The first kappa shape index (κ1) is 15.4. The first-order valence-corrected chi connectivity index (χ1v) is 7.62. The normalized spacial score (nSPS) is 14.0. The summed E-state index contributed by atoms with van der Waals surface area (Å²) in [6, 6.07) is 16.0. The van der Waals surface area contributed by atoms with Crippen LogP contribution < -0.4 is 5.73 Å². The molecule has 0 fully saturated rings. The van der Waals surface area contributed by atoms with Crippen LogP contribution in [0.25, 0.3) is 0 Å². The molecule has 0 radical (unpaired) electrons. The van der Waals surface area contributed by atoms with Gasteiger partial charge >= 0.3 is 0 Å². The molecule has 20 heavy (non-hydrogen) atoms. The molecule has 0 aliphatic carbocycles. The van der Waals surface area contributed by atoms with E-state index in [-0.39, 0.29) is 6.04 Å². The molecule has 0 aliphatic rings. The van der Waals surface area contributed by atoms with Crippen molar-refractivity contribution in [3.05, 3.63) is 69.7 Å². The number of halogens is 2. The second kappa shape index (κ2) is 7.12. The van der Waals surface area contributed by atoms with Gasteiger partial charge in [0.15, 0.2) is 0 Å². The zero-order valence-electron chi connectivity index (χ0n) is 11.5.